The van der Waals surface area contributed by atoms with Crippen molar-refractivity contribution in [1.29, 1.82) is 0 Å². The van der Waals surface area contributed by atoms with Crippen LogP contribution in [0.2, 0.25) is 0 Å². The summed E-state index contributed by atoms with van der Waals surface area (Å²) in [7, 11) is 0. The lowest BCUT2D eigenvalue weighted by atomic mass is 10.1. The molecule has 0 spiro atoms. The number of hydrogen-bond donors (Lipinski definition) is 3. The molecule has 1 aromatic carbocycles. The maximum Gasteiger partial charge on any atom is 0.231 e. The highest BCUT2D eigenvalue weighted by atomic mass is 16.1. The molecule has 0 unspecified atom stereocenters. The van der Waals surface area contributed by atoms with Crippen LogP contribution in [-0.2, 0) is 11.3 Å². The molecule has 2 rings (SSSR count). The number of carbonyl (C=O) groups excluding carboxylic acids is 1. The van der Waals surface area contributed by atoms with Crippen molar-refractivity contribution >= 4 is 5.91 Å². The molecule has 2 aromatic rings. The van der Waals surface area contributed by atoms with Crippen molar-refractivity contribution in [3.8, 4) is 11.3 Å². The third kappa shape index (κ3) is 2.95. The van der Waals surface area contributed by atoms with Gasteiger partial charge >= 0.3 is 0 Å². The van der Waals surface area contributed by atoms with Crippen molar-refractivity contribution in [3.63, 3.8) is 0 Å². The molecule has 4 N–H and O–H groups in total. The van der Waals surface area contributed by atoms with Gasteiger partial charge in [0.2, 0.25) is 5.91 Å². The Balaban J connectivity index is 2.12. The smallest absolute Gasteiger partial charge is 0.231 e. The van der Waals surface area contributed by atoms with Crippen molar-refractivity contribution in [2.24, 2.45) is 5.73 Å². The van der Waals surface area contributed by atoms with E-state index in [4.69, 9.17) is 5.73 Å². The Labute approximate surface area is 105 Å². The van der Waals surface area contributed by atoms with Crippen LogP contribution in [0.3, 0.4) is 0 Å². The fourth-order valence-electron chi connectivity index (χ4n) is 1.74. The van der Waals surface area contributed by atoms with Crippen molar-refractivity contribution in [1.82, 2.24) is 15.5 Å². The van der Waals surface area contributed by atoms with E-state index in [1.807, 2.05) is 19.1 Å². The van der Waals surface area contributed by atoms with E-state index in [1.54, 1.807) is 6.20 Å². The SMILES string of the molecule is Cc1ccc(-c2[nH]ncc2CNCC(N)=O)cc1. The van der Waals surface area contributed by atoms with Crippen LogP contribution in [-0.4, -0.2) is 22.6 Å². The van der Waals surface area contributed by atoms with Crippen LogP contribution >= 0.6 is 0 Å². The molecular weight excluding hydrogens is 228 g/mol. The van der Waals surface area contributed by atoms with Gasteiger partial charge < -0.3 is 11.1 Å². The number of aromatic amines is 1. The number of hydrogen-bond acceptors (Lipinski definition) is 3. The van der Waals surface area contributed by atoms with Crippen LogP contribution in [0.25, 0.3) is 11.3 Å². The Kier molecular flexibility index (Phi) is 3.74. The van der Waals surface area contributed by atoms with Gasteiger partial charge in [-0.3, -0.25) is 9.89 Å². The number of amides is 1. The zero-order valence-electron chi connectivity index (χ0n) is 10.2. The first-order valence-electron chi connectivity index (χ1n) is 5.75. The molecule has 5 heteroatoms. The molecule has 1 amide bonds. The molecule has 0 radical (unpaired) electrons. The van der Waals surface area contributed by atoms with Crippen LogP contribution < -0.4 is 11.1 Å². The molecule has 0 saturated carbocycles. The first-order valence-corrected chi connectivity index (χ1v) is 5.75. The highest BCUT2D eigenvalue weighted by molar-refractivity contribution is 5.75. The summed E-state index contributed by atoms with van der Waals surface area (Å²) in [6, 6.07) is 8.19. The van der Waals surface area contributed by atoms with E-state index < -0.39 is 0 Å². The zero-order chi connectivity index (χ0) is 13.0. The summed E-state index contributed by atoms with van der Waals surface area (Å²) < 4.78 is 0. The lowest BCUT2D eigenvalue weighted by molar-refractivity contribution is -0.117. The van der Waals surface area contributed by atoms with E-state index in [9.17, 15) is 4.79 Å². The van der Waals surface area contributed by atoms with Crippen molar-refractivity contribution in [3.05, 3.63) is 41.6 Å². The van der Waals surface area contributed by atoms with Crippen molar-refractivity contribution < 1.29 is 4.79 Å². The molecule has 5 nitrogen and oxygen atoms in total. The van der Waals surface area contributed by atoms with Gasteiger partial charge in [-0.15, -0.1) is 0 Å². The number of nitrogens with two attached hydrogens (primary N) is 1. The van der Waals surface area contributed by atoms with Gasteiger partial charge in [0.05, 0.1) is 18.4 Å². The molecular formula is C13H16N4O. The molecule has 0 aliphatic carbocycles. The fraction of sp³-hybridized carbons (Fsp3) is 0.231. The Hall–Kier alpha value is -2.14. The van der Waals surface area contributed by atoms with Crippen LogP contribution in [0.4, 0.5) is 0 Å². The third-order valence-electron chi connectivity index (χ3n) is 2.67. The number of aryl methyl sites for hydroxylation is 1. The fourth-order valence-corrected chi connectivity index (χ4v) is 1.74. The number of H-pyrrole nitrogens is 1. The number of nitrogens with zero attached hydrogens (tertiary/aromatic N) is 1. The molecule has 1 heterocycles. The lowest BCUT2D eigenvalue weighted by Crippen LogP contribution is -2.28. The molecule has 18 heavy (non-hydrogen) atoms. The maximum absolute atomic E-state index is 10.7. The largest absolute Gasteiger partial charge is 0.369 e. The van der Waals surface area contributed by atoms with Gasteiger partial charge in [-0.05, 0) is 12.5 Å². The predicted molar refractivity (Wildman–Crippen MR) is 69.7 cm³/mol. The molecule has 0 aliphatic rings. The van der Waals surface area contributed by atoms with Gasteiger partial charge in [0.1, 0.15) is 0 Å². The first-order chi connectivity index (χ1) is 8.66. The number of rotatable bonds is 5. The highest BCUT2D eigenvalue weighted by Gasteiger charge is 2.07. The molecule has 1 aromatic heterocycles. The molecule has 0 fully saturated rings. The summed E-state index contributed by atoms with van der Waals surface area (Å²) in [4.78, 5) is 10.7. The second-order valence-corrected chi connectivity index (χ2v) is 4.21. The minimum atomic E-state index is -0.365. The number of carbonyl (C=O) groups is 1. The van der Waals surface area contributed by atoms with Gasteiger partial charge in [-0.25, -0.2) is 0 Å². The zero-order valence-corrected chi connectivity index (χ0v) is 10.2. The van der Waals surface area contributed by atoms with Gasteiger partial charge in [-0.2, -0.15) is 5.10 Å². The van der Waals surface area contributed by atoms with Gasteiger partial charge in [0.15, 0.2) is 0 Å². The molecule has 0 bridgehead atoms. The highest BCUT2D eigenvalue weighted by Crippen LogP contribution is 2.21. The van der Waals surface area contributed by atoms with Gasteiger partial charge in [0.25, 0.3) is 0 Å². The van der Waals surface area contributed by atoms with E-state index in [-0.39, 0.29) is 12.5 Å². The van der Waals surface area contributed by atoms with E-state index in [0.29, 0.717) is 6.54 Å². The topological polar surface area (TPSA) is 83.8 Å². The summed E-state index contributed by atoms with van der Waals surface area (Å²) in [6.45, 7) is 2.77. The van der Waals surface area contributed by atoms with Crippen molar-refractivity contribution in [2.75, 3.05) is 6.54 Å². The van der Waals surface area contributed by atoms with Gasteiger partial charge in [0, 0.05) is 12.1 Å². The predicted octanol–water partition coefficient (Wildman–Crippen LogP) is 0.960. The van der Waals surface area contributed by atoms with E-state index in [0.717, 1.165) is 16.8 Å². The summed E-state index contributed by atoms with van der Waals surface area (Å²) in [5.41, 5.74) is 9.34. The minimum Gasteiger partial charge on any atom is -0.369 e. The Morgan fingerprint density at radius 2 is 2.11 bits per heavy atom. The van der Waals surface area contributed by atoms with Crippen molar-refractivity contribution in [2.45, 2.75) is 13.5 Å². The van der Waals surface area contributed by atoms with E-state index >= 15 is 0 Å². The van der Waals surface area contributed by atoms with Gasteiger partial charge in [-0.1, -0.05) is 29.8 Å². The standard InChI is InChI=1S/C13H16N4O/c1-9-2-4-10(5-3-9)13-11(7-16-17-13)6-15-8-12(14)18/h2-5,7,15H,6,8H2,1H3,(H2,14,18)(H,16,17). The molecule has 0 aliphatic heterocycles. The molecule has 0 atom stereocenters. The van der Waals surface area contributed by atoms with E-state index in [2.05, 4.69) is 27.6 Å². The minimum absolute atomic E-state index is 0.165. The van der Waals surface area contributed by atoms with E-state index in [1.165, 1.54) is 5.56 Å². The lowest BCUT2D eigenvalue weighted by Gasteiger charge is -2.04. The summed E-state index contributed by atoms with van der Waals surface area (Å²) in [5, 5.41) is 9.99. The number of primary amides is 1. The monoisotopic (exact) mass is 244 g/mol. The second-order valence-electron chi connectivity index (χ2n) is 4.21. The quantitative estimate of drug-likeness (QED) is 0.732. The van der Waals surface area contributed by atoms with Crippen LogP contribution in [0, 0.1) is 6.92 Å². The van der Waals surface area contributed by atoms with Crippen LogP contribution in [0.15, 0.2) is 30.5 Å². The third-order valence-corrected chi connectivity index (χ3v) is 2.67. The number of nitrogens with one attached hydrogen (secondary N) is 2. The Bertz CT molecular complexity index is 530. The first kappa shape index (κ1) is 12.3. The Morgan fingerprint density at radius 3 is 2.78 bits per heavy atom. The summed E-state index contributed by atoms with van der Waals surface area (Å²) in [5.74, 6) is -0.365. The maximum atomic E-state index is 10.7. The number of benzene rings is 1. The van der Waals surface area contributed by atoms with Crippen LogP contribution in [0.5, 0.6) is 0 Å². The summed E-state index contributed by atoms with van der Waals surface area (Å²) in [6.07, 6.45) is 1.75. The average molecular weight is 244 g/mol. The second kappa shape index (κ2) is 5.46. The molecule has 94 valence electrons. The number of aromatic nitrogens is 2. The van der Waals surface area contributed by atoms with Crippen LogP contribution in [0.1, 0.15) is 11.1 Å². The average Bonchev–Trinajstić information content (AvgIpc) is 2.78. The normalized spacial score (nSPS) is 10.5. The molecule has 0 saturated heterocycles. The summed E-state index contributed by atoms with van der Waals surface area (Å²) >= 11 is 0. The Morgan fingerprint density at radius 1 is 1.39 bits per heavy atom.